The van der Waals surface area contributed by atoms with E-state index in [1.54, 1.807) is 0 Å². The number of pyridine rings is 1. The van der Waals surface area contributed by atoms with Gasteiger partial charge in [-0.1, -0.05) is 6.07 Å². The predicted octanol–water partition coefficient (Wildman–Crippen LogP) is 1.96. The number of nitrogens with one attached hydrogen (secondary N) is 1. The zero-order valence-corrected chi connectivity index (χ0v) is 11.1. The average molecular weight is 233 g/mol. The molecule has 0 aromatic carbocycles. The predicted molar refractivity (Wildman–Crippen MR) is 70.9 cm³/mol. The maximum absolute atomic E-state index is 4.32. The van der Waals surface area contributed by atoms with Gasteiger partial charge in [-0.15, -0.1) is 0 Å². The normalized spacial score (nSPS) is 21.3. The van der Waals surface area contributed by atoms with Crippen molar-refractivity contribution in [1.82, 2.24) is 15.2 Å². The maximum Gasteiger partial charge on any atom is 0.0372 e. The van der Waals surface area contributed by atoms with Gasteiger partial charge in [0.1, 0.15) is 0 Å². The highest BCUT2D eigenvalue weighted by Crippen LogP contribution is 2.12. The van der Waals surface area contributed by atoms with Crippen molar-refractivity contribution in [2.75, 3.05) is 13.1 Å². The minimum Gasteiger partial charge on any atom is -0.309 e. The van der Waals surface area contributed by atoms with Crippen molar-refractivity contribution in [2.45, 2.75) is 45.8 Å². The first-order chi connectivity index (χ1) is 8.15. The van der Waals surface area contributed by atoms with Crippen LogP contribution in [0.15, 0.2) is 18.3 Å². The van der Waals surface area contributed by atoms with Gasteiger partial charge in [-0.3, -0.25) is 9.88 Å². The molecule has 1 aromatic rings. The molecule has 1 aliphatic rings. The summed E-state index contributed by atoms with van der Waals surface area (Å²) in [7, 11) is 0. The topological polar surface area (TPSA) is 28.2 Å². The molecule has 1 unspecified atom stereocenters. The molecule has 1 aliphatic heterocycles. The van der Waals surface area contributed by atoms with Gasteiger partial charge < -0.3 is 5.32 Å². The van der Waals surface area contributed by atoms with Crippen LogP contribution in [0.1, 0.15) is 31.5 Å². The van der Waals surface area contributed by atoms with Crippen molar-refractivity contribution in [3.05, 3.63) is 29.6 Å². The zero-order chi connectivity index (χ0) is 12.3. The van der Waals surface area contributed by atoms with E-state index >= 15 is 0 Å². The standard InChI is InChI=1S/C14H23N3/c1-11(2)17-7-6-14(10-17)16-9-13-5-4-12(3)15-8-13/h4-5,8,11,14,16H,6-7,9-10H2,1-3H3. The van der Waals surface area contributed by atoms with Crippen molar-refractivity contribution < 1.29 is 0 Å². The van der Waals surface area contributed by atoms with E-state index in [4.69, 9.17) is 0 Å². The van der Waals surface area contributed by atoms with Crippen molar-refractivity contribution in [2.24, 2.45) is 0 Å². The fourth-order valence-corrected chi connectivity index (χ4v) is 2.29. The summed E-state index contributed by atoms with van der Waals surface area (Å²) in [5, 5.41) is 3.62. The Morgan fingerprint density at radius 2 is 2.29 bits per heavy atom. The Bertz CT molecular complexity index is 345. The van der Waals surface area contributed by atoms with Gasteiger partial charge in [0.25, 0.3) is 0 Å². The molecule has 1 saturated heterocycles. The van der Waals surface area contributed by atoms with Gasteiger partial charge in [-0.2, -0.15) is 0 Å². The number of hydrogen-bond donors (Lipinski definition) is 1. The Morgan fingerprint density at radius 1 is 1.47 bits per heavy atom. The van der Waals surface area contributed by atoms with Crippen LogP contribution in [-0.2, 0) is 6.54 Å². The molecule has 1 N–H and O–H groups in total. The lowest BCUT2D eigenvalue weighted by Crippen LogP contribution is -2.34. The lowest BCUT2D eigenvalue weighted by molar-refractivity contribution is 0.268. The van der Waals surface area contributed by atoms with Crippen LogP contribution in [-0.4, -0.2) is 35.1 Å². The Labute approximate surface area is 104 Å². The van der Waals surface area contributed by atoms with Gasteiger partial charge in [0.15, 0.2) is 0 Å². The Hall–Kier alpha value is -0.930. The highest BCUT2D eigenvalue weighted by atomic mass is 15.2. The summed E-state index contributed by atoms with van der Waals surface area (Å²) in [5.41, 5.74) is 2.36. The molecule has 3 nitrogen and oxygen atoms in total. The van der Waals surface area contributed by atoms with Gasteiger partial charge in [0.05, 0.1) is 0 Å². The van der Waals surface area contributed by atoms with E-state index in [1.165, 1.54) is 25.1 Å². The summed E-state index contributed by atoms with van der Waals surface area (Å²) >= 11 is 0. The van der Waals surface area contributed by atoms with Crippen LogP contribution >= 0.6 is 0 Å². The van der Waals surface area contributed by atoms with Crippen LogP contribution in [0.4, 0.5) is 0 Å². The third kappa shape index (κ3) is 3.51. The molecule has 94 valence electrons. The summed E-state index contributed by atoms with van der Waals surface area (Å²) in [4.78, 5) is 6.85. The van der Waals surface area contributed by atoms with E-state index < -0.39 is 0 Å². The van der Waals surface area contributed by atoms with Crippen LogP contribution in [0.3, 0.4) is 0 Å². The SMILES string of the molecule is Cc1ccc(CNC2CCN(C(C)C)C2)cn1. The summed E-state index contributed by atoms with van der Waals surface area (Å²) in [5.74, 6) is 0. The maximum atomic E-state index is 4.32. The molecule has 3 heteroatoms. The van der Waals surface area contributed by atoms with Gasteiger partial charge >= 0.3 is 0 Å². The van der Waals surface area contributed by atoms with Gasteiger partial charge in [-0.25, -0.2) is 0 Å². The van der Waals surface area contributed by atoms with E-state index in [1.807, 2.05) is 13.1 Å². The zero-order valence-electron chi connectivity index (χ0n) is 11.1. The summed E-state index contributed by atoms with van der Waals surface area (Å²) < 4.78 is 0. The van der Waals surface area contributed by atoms with Gasteiger partial charge in [0, 0.05) is 37.1 Å². The van der Waals surface area contributed by atoms with Gasteiger partial charge in [-0.05, 0) is 45.4 Å². The molecule has 1 aromatic heterocycles. The van der Waals surface area contributed by atoms with Crippen molar-refractivity contribution in [1.29, 1.82) is 0 Å². The molecule has 0 saturated carbocycles. The van der Waals surface area contributed by atoms with Crippen LogP contribution in [0.25, 0.3) is 0 Å². The third-order valence-electron chi connectivity index (χ3n) is 3.52. The number of nitrogens with zero attached hydrogens (tertiary/aromatic N) is 2. The smallest absolute Gasteiger partial charge is 0.0372 e. The number of aryl methyl sites for hydroxylation is 1. The van der Waals surface area contributed by atoms with E-state index in [0.717, 1.165) is 12.2 Å². The molecule has 1 fully saturated rings. The highest BCUT2D eigenvalue weighted by molar-refractivity contribution is 5.13. The molecule has 0 aliphatic carbocycles. The first-order valence-corrected chi connectivity index (χ1v) is 6.54. The second kappa shape index (κ2) is 5.61. The van der Waals surface area contributed by atoms with Crippen LogP contribution in [0, 0.1) is 6.92 Å². The largest absolute Gasteiger partial charge is 0.309 e. The summed E-state index contributed by atoms with van der Waals surface area (Å²) in [6.45, 7) is 9.90. The second-order valence-electron chi connectivity index (χ2n) is 5.26. The summed E-state index contributed by atoms with van der Waals surface area (Å²) in [6, 6.07) is 5.54. The number of likely N-dealkylation sites (tertiary alicyclic amines) is 1. The molecule has 0 amide bonds. The lowest BCUT2D eigenvalue weighted by atomic mass is 10.2. The minimum atomic E-state index is 0.638. The summed E-state index contributed by atoms with van der Waals surface area (Å²) in [6.07, 6.45) is 3.23. The van der Waals surface area contributed by atoms with E-state index in [0.29, 0.717) is 12.1 Å². The minimum absolute atomic E-state index is 0.638. The van der Waals surface area contributed by atoms with Crippen LogP contribution < -0.4 is 5.32 Å². The molecule has 17 heavy (non-hydrogen) atoms. The molecular formula is C14H23N3. The molecule has 1 atom stereocenters. The second-order valence-corrected chi connectivity index (χ2v) is 5.26. The number of rotatable bonds is 4. The Kier molecular flexibility index (Phi) is 4.13. The van der Waals surface area contributed by atoms with E-state index in [2.05, 4.69) is 41.2 Å². The first-order valence-electron chi connectivity index (χ1n) is 6.54. The molecule has 0 spiro atoms. The first kappa shape index (κ1) is 12.5. The van der Waals surface area contributed by atoms with Gasteiger partial charge in [0.2, 0.25) is 0 Å². The third-order valence-corrected chi connectivity index (χ3v) is 3.52. The molecule has 0 radical (unpaired) electrons. The van der Waals surface area contributed by atoms with Crippen molar-refractivity contribution >= 4 is 0 Å². The number of hydrogen-bond acceptors (Lipinski definition) is 3. The molecule has 0 bridgehead atoms. The van der Waals surface area contributed by atoms with E-state index in [9.17, 15) is 0 Å². The fraction of sp³-hybridized carbons (Fsp3) is 0.643. The quantitative estimate of drug-likeness (QED) is 0.861. The van der Waals surface area contributed by atoms with Crippen molar-refractivity contribution in [3.8, 4) is 0 Å². The number of aromatic nitrogens is 1. The van der Waals surface area contributed by atoms with Crippen LogP contribution in [0.2, 0.25) is 0 Å². The molecule has 2 heterocycles. The Morgan fingerprint density at radius 3 is 2.88 bits per heavy atom. The lowest BCUT2D eigenvalue weighted by Gasteiger charge is -2.20. The molecule has 2 rings (SSSR count). The van der Waals surface area contributed by atoms with E-state index in [-0.39, 0.29) is 0 Å². The monoisotopic (exact) mass is 233 g/mol. The van der Waals surface area contributed by atoms with Crippen molar-refractivity contribution in [3.63, 3.8) is 0 Å². The van der Waals surface area contributed by atoms with Crippen LogP contribution in [0.5, 0.6) is 0 Å². The fourth-order valence-electron chi connectivity index (χ4n) is 2.29. The highest BCUT2D eigenvalue weighted by Gasteiger charge is 2.23. The average Bonchev–Trinajstić information content (AvgIpc) is 2.77. The molecular weight excluding hydrogens is 210 g/mol. The Balaban J connectivity index is 1.78.